The van der Waals surface area contributed by atoms with Crippen molar-refractivity contribution in [1.29, 1.82) is 0 Å². The van der Waals surface area contributed by atoms with Gasteiger partial charge in [-0.15, -0.1) is 11.6 Å². The molecule has 0 bridgehead atoms. The maximum atomic E-state index is 5.91. The van der Waals surface area contributed by atoms with E-state index >= 15 is 0 Å². The van der Waals surface area contributed by atoms with Gasteiger partial charge in [-0.1, -0.05) is 23.7 Å². The van der Waals surface area contributed by atoms with E-state index in [1.54, 1.807) is 12.4 Å². The Morgan fingerprint density at radius 3 is 2.38 bits per heavy atom. The van der Waals surface area contributed by atoms with Gasteiger partial charge >= 0.3 is 0 Å². The standard InChI is InChI=1S/C12H10Cl2N2/c1-8(13)12-15-6-10(7-16-12)9-3-2-4-11(14)5-9/h2-8H,1H3. The van der Waals surface area contributed by atoms with Gasteiger partial charge in [0, 0.05) is 23.0 Å². The fourth-order valence-electron chi connectivity index (χ4n) is 1.36. The molecule has 1 aromatic carbocycles. The van der Waals surface area contributed by atoms with Gasteiger partial charge in [0.2, 0.25) is 0 Å². The van der Waals surface area contributed by atoms with Crippen LogP contribution < -0.4 is 0 Å². The van der Waals surface area contributed by atoms with Crippen LogP contribution in [0.4, 0.5) is 0 Å². The molecule has 0 aliphatic heterocycles. The highest BCUT2D eigenvalue weighted by atomic mass is 35.5. The lowest BCUT2D eigenvalue weighted by atomic mass is 10.1. The van der Waals surface area contributed by atoms with E-state index in [0.29, 0.717) is 10.8 Å². The van der Waals surface area contributed by atoms with Gasteiger partial charge in [-0.05, 0) is 24.6 Å². The summed E-state index contributed by atoms with van der Waals surface area (Å²) in [4.78, 5) is 8.40. The molecular formula is C12H10Cl2N2. The number of halogens is 2. The fourth-order valence-corrected chi connectivity index (χ4v) is 1.66. The van der Waals surface area contributed by atoms with Crippen molar-refractivity contribution in [2.75, 3.05) is 0 Å². The van der Waals surface area contributed by atoms with Crippen molar-refractivity contribution in [1.82, 2.24) is 9.97 Å². The second-order valence-corrected chi connectivity index (χ2v) is 4.55. The largest absolute Gasteiger partial charge is 0.239 e. The SMILES string of the molecule is CC(Cl)c1ncc(-c2cccc(Cl)c2)cn1. The van der Waals surface area contributed by atoms with Crippen molar-refractivity contribution in [3.63, 3.8) is 0 Å². The van der Waals surface area contributed by atoms with Crippen molar-refractivity contribution in [2.45, 2.75) is 12.3 Å². The van der Waals surface area contributed by atoms with Crippen LogP contribution in [-0.4, -0.2) is 9.97 Å². The lowest BCUT2D eigenvalue weighted by molar-refractivity contribution is 0.911. The molecule has 0 aliphatic carbocycles. The molecule has 4 heteroatoms. The van der Waals surface area contributed by atoms with Gasteiger partial charge in [0.15, 0.2) is 0 Å². The number of aromatic nitrogens is 2. The van der Waals surface area contributed by atoms with Crippen molar-refractivity contribution in [3.8, 4) is 11.1 Å². The summed E-state index contributed by atoms with van der Waals surface area (Å²) in [6.45, 7) is 1.84. The molecule has 16 heavy (non-hydrogen) atoms. The number of benzene rings is 1. The molecule has 0 radical (unpaired) electrons. The molecule has 0 amide bonds. The summed E-state index contributed by atoms with van der Waals surface area (Å²) in [5.41, 5.74) is 1.94. The summed E-state index contributed by atoms with van der Waals surface area (Å²) in [6.07, 6.45) is 3.51. The Bertz CT molecular complexity index is 481. The predicted molar refractivity (Wildman–Crippen MR) is 66.7 cm³/mol. The summed E-state index contributed by atoms with van der Waals surface area (Å²) in [6, 6.07) is 7.58. The molecule has 1 atom stereocenters. The van der Waals surface area contributed by atoms with E-state index in [1.165, 1.54) is 0 Å². The van der Waals surface area contributed by atoms with Gasteiger partial charge < -0.3 is 0 Å². The highest BCUT2D eigenvalue weighted by Crippen LogP contribution is 2.22. The van der Waals surface area contributed by atoms with E-state index in [4.69, 9.17) is 23.2 Å². The third-order valence-electron chi connectivity index (χ3n) is 2.19. The molecule has 0 saturated heterocycles. The molecule has 0 saturated carbocycles. The quantitative estimate of drug-likeness (QED) is 0.753. The van der Waals surface area contributed by atoms with Crippen LogP contribution in [0.15, 0.2) is 36.7 Å². The molecule has 1 unspecified atom stereocenters. The summed E-state index contributed by atoms with van der Waals surface area (Å²) < 4.78 is 0. The van der Waals surface area contributed by atoms with Gasteiger partial charge in [0.25, 0.3) is 0 Å². The molecule has 0 N–H and O–H groups in total. The summed E-state index contributed by atoms with van der Waals surface area (Å²) in [5.74, 6) is 0.632. The zero-order chi connectivity index (χ0) is 11.5. The van der Waals surface area contributed by atoms with Crippen LogP contribution in [0.3, 0.4) is 0 Å². The van der Waals surface area contributed by atoms with Crippen LogP contribution in [0.25, 0.3) is 11.1 Å². The first-order chi connectivity index (χ1) is 7.66. The van der Waals surface area contributed by atoms with Crippen LogP contribution in [0.5, 0.6) is 0 Å². The Morgan fingerprint density at radius 1 is 1.12 bits per heavy atom. The molecule has 0 spiro atoms. The maximum absolute atomic E-state index is 5.91. The van der Waals surface area contributed by atoms with Crippen molar-refractivity contribution in [2.24, 2.45) is 0 Å². The van der Waals surface area contributed by atoms with Crippen LogP contribution in [-0.2, 0) is 0 Å². The maximum Gasteiger partial charge on any atom is 0.145 e. The molecule has 0 fully saturated rings. The van der Waals surface area contributed by atoms with E-state index in [-0.39, 0.29) is 5.38 Å². The minimum absolute atomic E-state index is 0.173. The van der Waals surface area contributed by atoms with Gasteiger partial charge in [0.1, 0.15) is 5.82 Å². The summed E-state index contributed by atoms with van der Waals surface area (Å²) >= 11 is 11.8. The summed E-state index contributed by atoms with van der Waals surface area (Å²) in [7, 11) is 0. The van der Waals surface area contributed by atoms with E-state index in [2.05, 4.69) is 9.97 Å². The van der Waals surface area contributed by atoms with Crippen molar-refractivity contribution in [3.05, 3.63) is 47.5 Å². The molecule has 82 valence electrons. The molecule has 1 heterocycles. The van der Waals surface area contributed by atoms with Gasteiger partial charge in [-0.25, -0.2) is 9.97 Å². The van der Waals surface area contributed by atoms with E-state index in [1.807, 2.05) is 31.2 Å². The normalized spacial score (nSPS) is 12.4. The van der Waals surface area contributed by atoms with E-state index in [9.17, 15) is 0 Å². The van der Waals surface area contributed by atoms with Crippen molar-refractivity contribution >= 4 is 23.2 Å². The summed E-state index contributed by atoms with van der Waals surface area (Å²) in [5, 5.41) is 0.528. The zero-order valence-electron chi connectivity index (χ0n) is 8.69. The number of alkyl halides is 1. The minimum atomic E-state index is -0.173. The Hall–Kier alpha value is -1.12. The topological polar surface area (TPSA) is 25.8 Å². The Balaban J connectivity index is 2.35. The molecule has 2 rings (SSSR count). The Labute approximate surface area is 104 Å². The third-order valence-corrected chi connectivity index (χ3v) is 2.62. The average Bonchev–Trinajstić information content (AvgIpc) is 2.29. The van der Waals surface area contributed by atoms with Crippen LogP contribution in [0, 0.1) is 0 Å². The fraction of sp³-hybridized carbons (Fsp3) is 0.167. The van der Waals surface area contributed by atoms with Gasteiger partial charge in [0.05, 0.1) is 5.38 Å². The number of hydrogen-bond donors (Lipinski definition) is 0. The zero-order valence-corrected chi connectivity index (χ0v) is 10.2. The van der Waals surface area contributed by atoms with Crippen LogP contribution in [0.1, 0.15) is 18.1 Å². The minimum Gasteiger partial charge on any atom is -0.239 e. The monoisotopic (exact) mass is 252 g/mol. The van der Waals surface area contributed by atoms with Crippen LogP contribution in [0.2, 0.25) is 5.02 Å². The Morgan fingerprint density at radius 2 is 1.81 bits per heavy atom. The van der Waals surface area contributed by atoms with E-state index in [0.717, 1.165) is 11.1 Å². The average molecular weight is 253 g/mol. The number of nitrogens with zero attached hydrogens (tertiary/aromatic N) is 2. The molecule has 2 aromatic rings. The first kappa shape index (κ1) is 11.4. The molecule has 1 aromatic heterocycles. The third kappa shape index (κ3) is 2.52. The van der Waals surface area contributed by atoms with E-state index < -0.39 is 0 Å². The molecule has 2 nitrogen and oxygen atoms in total. The lowest BCUT2D eigenvalue weighted by Gasteiger charge is -2.04. The molecule has 0 aliphatic rings. The number of hydrogen-bond acceptors (Lipinski definition) is 2. The Kier molecular flexibility index (Phi) is 3.42. The molecular weight excluding hydrogens is 243 g/mol. The second kappa shape index (κ2) is 4.81. The highest BCUT2D eigenvalue weighted by molar-refractivity contribution is 6.30. The number of rotatable bonds is 2. The highest BCUT2D eigenvalue weighted by Gasteiger charge is 2.05. The van der Waals surface area contributed by atoms with Crippen LogP contribution >= 0.6 is 23.2 Å². The second-order valence-electron chi connectivity index (χ2n) is 3.46. The van der Waals surface area contributed by atoms with Crippen molar-refractivity contribution < 1.29 is 0 Å². The predicted octanol–water partition coefficient (Wildman–Crippen LogP) is 4.10. The first-order valence-electron chi connectivity index (χ1n) is 4.89. The van der Waals surface area contributed by atoms with Gasteiger partial charge in [-0.3, -0.25) is 0 Å². The van der Waals surface area contributed by atoms with Gasteiger partial charge in [-0.2, -0.15) is 0 Å². The first-order valence-corrected chi connectivity index (χ1v) is 5.70. The lowest BCUT2D eigenvalue weighted by Crippen LogP contribution is -1.94. The smallest absolute Gasteiger partial charge is 0.145 e.